The van der Waals surface area contributed by atoms with Crippen molar-refractivity contribution in [3.8, 4) is 0 Å². The average molecular weight is 256 g/mol. The summed E-state index contributed by atoms with van der Waals surface area (Å²) in [5, 5.41) is 0. The third kappa shape index (κ3) is 4.27. The first kappa shape index (κ1) is 13.9. The van der Waals surface area contributed by atoms with E-state index >= 15 is 0 Å². The Bertz CT molecular complexity index is 482. The highest BCUT2D eigenvalue weighted by Crippen LogP contribution is 2.17. The van der Waals surface area contributed by atoms with Crippen LogP contribution in [-0.2, 0) is 11.2 Å². The third-order valence-electron chi connectivity index (χ3n) is 3.64. The summed E-state index contributed by atoms with van der Waals surface area (Å²) >= 11 is 0. The van der Waals surface area contributed by atoms with Crippen molar-refractivity contribution in [2.75, 3.05) is 6.61 Å². The molecule has 0 heterocycles. The lowest BCUT2D eigenvalue weighted by molar-refractivity contribution is 0.217. The Morgan fingerprint density at radius 3 is 2.84 bits per heavy atom. The first-order chi connectivity index (χ1) is 9.15. The van der Waals surface area contributed by atoms with Gasteiger partial charge in [0.1, 0.15) is 5.76 Å². The van der Waals surface area contributed by atoms with E-state index in [1.807, 2.05) is 0 Å². The summed E-state index contributed by atoms with van der Waals surface area (Å²) in [4.78, 5) is 0. The zero-order chi connectivity index (χ0) is 13.7. The molecule has 1 aliphatic carbocycles. The highest BCUT2D eigenvalue weighted by molar-refractivity contribution is 5.30. The summed E-state index contributed by atoms with van der Waals surface area (Å²) in [6.45, 7) is 7.36. The van der Waals surface area contributed by atoms with Gasteiger partial charge in [-0.2, -0.15) is 0 Å². The van der Waals surface area contributed by atoms with Crippen LogP contribution in [0.5, 0.6) is 0 Å². The van der Waals surface area contributed by atoms with Gasteiger partial charge < -0.3 is 4.74 Å². The summed E-state index contributed by atoms with van der Waals surface area (Å²) in [6.07, 6.45) is 9.80. The molecule has 2 rings (SSSR count). The topological polar surface area (TPSA) is 9.23 Å². The Labute approximate surface area is 117 Å². The summed E-state index contributed by atoms with van der Waals surface area (Å²) in [5.74, 6) is 1.70. The van der Waals surface area contributed by atoms with Crippen LogP contribution in [0.15, 0.2) is 42.2 Å². The van der Waals surface area contributed by atoms with Crippen LogP contribution in [0.4, 0.5) is 0 Å². The molecule has 0 aromatic heterocycles. The predicted molar refractivity (Wildman–Crippen MR) is 81.2 cm³/mol. The lowest BCUT2D eigenvalue weighted by Crippen LogP contribution is -2.01. The molecule has 0 N–H and O–H groups in total. The molecule has 0 saturated carbocycles. The van der Waals surface area contributed by atoms with Crippen LogP contribution in [0.1, 0.15) is 36.5 Å². The number of benzene rings is 1. The highest BCUT2D eigenvalue weighted by atomic mass is 16.5. The normalized spacial score (nSPS) is 18.3. The molecule has 0 bridgehead atoms. The lowest BCUT2D eigenvalue weighted by atomic mass is 10.0. The Balaban J connectivity index is 1.75. The van der Waals surface area contributed by atoms with Crippen LogP contribution < -0.4 is 0 Å². The van der Waals surface area contributed by atoms with Gasteiger partial charge in [-0.3, -0.25) is 0 Å². The maximum Gasteiger partial charge on any atom is 0.115 e. The summed E-state index contributed by atoms with van der Waals surface area (Å²) in [6, 6.07) is 6.67. The molecule has 1 nitrogen and oxygen atoms in total. The number of allylic oxidation sites excluding steroid dienone is 3. The van der Waals surface area contributed by atoms with Gasteiger partial charge in [-0.15, -0.1) is 0 Å². The van der Waals surface area contributed by atoms with Gasteiger partial charge in [0.25, 0.3) is 0 Å². The fraction of sp³-hybridized carbons (Fsp3) is 0.444. The van der Waals surface area contributed by atoms with Gasteiger partial charge in [0.15, 0.2) is 0 Å². The van der Waals surface area contributed by atoms with Crippen LogP contribution in [-0.4, -0.2) is 6.61 Å². The molecule has 0 fully saturated rings. The van der Waals surface area contributed by atoms with Crippen molar-refractivity contribution in [3.05, 3.63) is 58.9 Å². The van der Waals surface area contributed by atoms with Gasteiger partial charge in [-0.1, -0.05) is 36.8 Å². The maximum absolute atomic E-state index is 5.80. The molecule has 0 amide bonds. The van der Waals surface area contributed by atoms with Gasteiger partial charge in [0.05, 0.1) is 6.61 Å². The quantitative estimate of drug-likeness (QED) is 0.692. The van der Waals surface area contributed by atoms with Crippen molar-refractivity contribution < 1.29 is 4.74 Å². The van der Waals surface area contributed by atoms with Crippen LogP contribution in [0.25, 0.3) is 0 Å². The number of hydrogen-bond donors (Lipinski definition) is 0. The first-order valence-electron chi connectivity index (χ1n) is 7.22. The van der Waals surface area contributed by atoms with E-state index in [0.717, 1.165) is 31.6 Å². The fourth-order valence-corrected chi connectivity index (χ4v) is 2.34. The third-order valence-corrected chi connectivity index (χ3v) is 3.64. The van der Waals surface area contributed by atoms with Gasteiger partial charge in [-0.25, -0.2) is 0 Å². The van der Waals surface area contributed by atoms with Gasteiger partial charge in [0.2, 0.25) is 0 Å². The predicted octanol–water partition coefficient (Wildman–Crippen LogP) is 4.73. The van der Waals surface area contributed by atoms with Gasteiger partial charge >= 0.3 is 0 Å². The zero-order valence-electron chi connectivity index (χ0n) is 12.3. The monoisotopic (exact) mass is 256 g/mol. The Morgan fingerprint density at radius 1 is 1.26 bits per heavy atom. The molecule has 1 atom stereocenters. The van der Waals surface area contributed by atoms with E-state index < -0.39 is 0 Å². The number of aryl methyl sites for hydroxylation is 3. The van der Waals surface area contributed by atoms with E-state index in [9.17, 15) is 0 Å². The molecular formula is C18H24O. The Hall–Kier alpha value is -1.50. The van der Waals surface area contributed by atoms with E-state index in [1.165, 1.54) is 16.7 Å². The molecule has 0 radical (unpaired) electrons. The van der Waals surface area contributed by atoms with Crippen molar-refractivity contribution in [2.45, 2.75) is 40.0 Å². The van der Waals surface area contributed by atoms with Crippen molar-refractivity contribution >= 4 is 0 Å². The first-order valence-corrected chi connectivity index (χ1v) is 7.22. The molecule has 1 heteroatoms. The van der Waals surface area contributed by atoms with Crippen LogP contribution in [0.3, 0.4) is 0 Å². The van der Waals surface area contributed by atoms with Gasteiger partial charge in [0, 0.05) is 0 Å². The van der Waals surface area contributed by atoms with Crippen molar-refractivity contribution in [2.24, 2.45) is 5.92 Å². The van der Waals surface area contributed by atoms with E-state index in [1.54, 1.807) is 0 Å². The van der Waals surface area contributed by atoms with E-state index in [4.69, 9.17) is 4.74 Å². The average Bonchev–Trinajstić information content (AvgIpc) is 2.40. The summed E-state index contributed by atoms with van der Waals surface area (Å²) < 4.78 is 5.80. The second kappa shape index (κ2) is 6.60. The molecule has 1 aromatic carbocycles. The van der Waals surface area contributed by atoms with E-state index in [0.29, 0.717) is 5.92 Å². The number of rotatable bonds is 5. The largest absolute Gasteiger partial charge is 0.494 e. The van der Waals surface area contributed by atoms with Crippen molar-refractivity contribution in [1.29, 1.82) is 0 Å². The minimum absolute atomic E-state index is 0.655. The van der Waals surface area contributed by atoms with Crippen LogP contribution in [0, 0.1) is 19.8 Å². The molecule has 0 spiro atoms. The summed E-state index contributed by atoms with van der Waals surface area (Å²) in [5.41, 5.74) is 4.18. The standard InChI is InChI=1S/C18H24O/c1-14-7-10-18(11-8-14)19-12-4-5-17-13-15(2)6-9-16(17)3/h6-7,9-11,13-14H,4-5,8,12H2,1-3H3. The molecule has 1 aliphatic rings. The van der Waals surface area contributed by atoms with Crippen LogP contribution >= 0.6 is 0 Å². The van der Waals surface area contributed by atoms with Crippen LogP contribution in [0.2, 0.25) is 0 Å². The minimum Gasteiger partial charge on any atom is -0.494 e. The van der Waals surface area contributed by atoms with Crippen molar-refractivity contribution in [3.63, 3.8) is 0 Å². The second-order valence-corrected chi connectivity index (χ2v) is 5.56. The SMILES string of the molecule is Cc1ccc(C)c(CCCOC2=CCC(C)C=C2)c1. The number of ether oxygens (including phenoxy) is 1. The van der Waals surface area contributed by atoms with E-state index in [2.05, 4.69) is 57.2 Å². The zero-order valence-corrected chi connectivity index (χ0v) is 12.3. The molecule has 1 aromatic rings. The lowest BCUT2D eigenvalue weighted by Gasteiger charge is -2.13. The second-order valence-electron chi connectivity index (χ2n) is 5.56. The summed E-state index contributed by atoms with van der Waals surface area (Å²) in [7, 11) is 0. The molecule has 102 valence electrons. The minimum atomic E-state index is 0.655. The molecular weight excluding hydrogens is 232 g/mol. The highest BCUT2D eigenvalue weighted by Gasteiger charge is 2.04. The maximum atomic E-state index is 5.80. The Kier molecular flexibility index (Phi) is 4.84. The van der Waals surface area contributed by atoms with E-state index in [-0.39, 0.29) is 0 Å². The fourth-order valence-electron chi connectivity index (χ4n) is 2.34. The number of hydrogen-bond acceptors (Lipinski definition) is 1. The van der Waals surface area contributed by atoms with Gasteiger partial charge in [-0.05, 0) is 62.3 Å². The molecule has 19 heavy (non-hydrogen) atoms. The Morgan fingerprint density at radius 2 is 2.11 bits per heavy atom. The molecule has 1 unspecified atom stereocenters. The van der Waals surface area contributed by atoms with Crippen molar-refractivity contribution in [1.82, 2.24) is 0 Å². The smallest absolute Gasteiger partial charge is 0.115 e. The molecule has 0 saturated heterocycles. The molecule has 0 aliphatic heterocycles.